The lowest BCUT2D eigenvalue weighted by Gasteiger charge is -2.05. The van der Waals surface area contributed by atoms with Crippen molar-refractivity contribution in [3.63, 3.8) is 0 Å². The van der Waals surface area contributed by atoms with Gasteiger partial charge in [-0.25, -0.2) is 4.98 Å². The van der Waals surface area contributed by atoms with Crippen LogP contribution in [0.2, 0.25) is 0 Å². The fourth-order valence-corrected chi connectivity index (χ4v) is 2.17. The fourth-order valence-electron chi connectivity index (χ4n) is 2.17. The van der Waals surface area contributed by atoms with Crippen molar-refractivity contribution in [2.24, 2.45) is 0 Å². The summed E-state index contributed by atoms with van der Waals surface area (Å²) in [5.74, 6) is 0.437. The number of aryl methyl sites for hydroxylation is 1. The third-order valence-electron chi connectivity index (χ3n) is 3.18. The lowest BCUT2D eigenvalue weighted by Crippen LogP contribution is -2.15. The van der Waals surface area contributed by atoms with Gasteiger partial charge in [0.2, 0.25) is 5.91 Å². The molecule has 0 unspecified atom stereocenters. The largest absolute Gasteiger partial charge is 0.310 e. The standard InChI is InChI=1S/C17H15N3O/c1-12-5-8-15-13(10-12)6-7-14(19-15)11-17(21)20-16-4-2-3-9-18-16/h2-10H,11H2,1H3,(H,18,20,21). The third kappa shape index (κ3) is 3.23. The van der Waals surface area contributed by atoms with Crippen LogP contribution in [0.15, 0.2) is 54.7 Å². The predicted octanol–water partition coefficient (Wildman–Crippen LogP) is 3.12. The van der Waals surface area contributed by atoms with Crippen molar-refractivity contribution in [3.8, 4) is 0 Å². The molecule has 3 rings (SSSR count). The molecule has 0 bridgehead atoms. The number of carbonyl (C=O) groups excluding carboxylic acids is 1. The minimum Gasteiger partial charge on any atom is -0.310 e. The van der Waals surface area contributed by atoms with Crippen LogP contribution in [0.25, 0.3) is 10.9 Å². The van der Waals surface area contributed by atoms with Crippen LogP contribution in [0.5, 0.6) is 0 Å². The highest BCUT2D eigenvalue weighted by atomic mass is 16.1. The van der Waals surface area contributed by atoms with Gasteiger partial charge < -0.3 is 5.32 Å². The van der Waals surface area contributed by atoms with Crippen molar-refractivity contribution in [1.82, 2.24) is 9.97 Å². The maximum Gasteiger partial charge on any atom is 0.231 e. The lowest BCUT2D eigenvalue weighted by atomic mass is 10.1. The number of hydrogen-bond donors (Lipinski definition) is 1. The number of carbonyl (C=O) groups is 1. The van der Waals surface area contributed by atoms with Crippen LogP contribution in [0.1, 0.15) is 11.3 Å². The SMILES string of the molecule is Cc1ccc2nc(CC(=O)Nc3ccccn3)ccc2c1. The van der Waals surface area contributed by atoms with Crippen LogP contribution < -0.4 is 5.32 Å². The number of rotatable bonds is 3. The van der Waals surface area contributed by atoms with Crippen LogP contribution in [0.3, 0.4) is 0 Å². The van der Waals surface area contributed by atoms with E-state index in [4.69, 9.17) is 0 Å². The summed E-state index contributed by atoms with van der Waals surface area (Å²) in [6.07, 6.45) is 1.88. The number of nitrogens with one attached hydrogen (secondary N) is 1. The molecule has 1 aromatic carbocycles. The number of hydrogen-bond acceptors (Lipinski definition) is 3. The Morgan fingerprint density at radius 1 is 1.14 bits per heavy atom. The zero-order chi connectivity index (χ0) is 14.7. The Bertz CT molecular complexity index is 784. The van der Waals surface area contributed by atoms with Crippen molar-refractivity contribution in [3.05, 3.63) is 66.0 Å². The Morgan fingerprint density at radius 3 is 2.86 bits per heavy atom. The first-order valence-electron chi connectivity index (χ1n) is 6.78. The van der Waals surface area contributed by atoms with Gasteiger partial charge in [0, 0.05) is 11.6 Å². The summed E-state index contributed by atoms with van der Waals surface area (Å²) in [5, 5.41) is 3.84. The zero-order valence-electron chi connectivity index (χ0n) is 11.7. The highest BCUT2D eigenvalue weighted by molar-refractivity contribution is 5.91. The van der Waals surface area contributed by atoms with Crippen LogP contribution in [-0.2, 0) is 11.2 Å². The van der Waals surface area contributed by atoms with E-state index >= 15 is 0 Å². The zero-order valence-corrected chi connectivity index (χ0v) is 11.7. The number of fused-ring (bicyclic) bond motifs is 1. The maximum absolute atomic E-state index is 12.0. The van der Waals surface area contributed by atoms with E-state index in [0.717, 1.165) is 16.6 Å². The van der Waals surface area contributed by atoms with Gasteiger partial charge in [0.1, 0.15) is 5.82 Å². The number of benzene rings is 1. The molecule has 1 N–H and O–H groups in total. The normalized spacial score (nSPS) is 10.5. The highest BCUT2D eigenvalue weighted by Gasteiger charge is 2.06. The van der Waals surface area contributed by atoms with Gasteiger partial charge in [-0.15, -0.1) is 0 Å². The molecule has 104 valence electrons. The van der Waals surface area contributed by atoms with Crippen molar-refractivity contribution >= 4 is 22.6 Å². The first-order chi connectivity index (χ1) is 10.2. The van der Waals surface area contributed by atoms with E-state index in [0.29, 0.717) is 5.82 Å². The monoisotopic (exact) mass is 277 g/mol. The number of anilines is 1. The van der Waals surface area contributed by atoms with Crippen LogP contribution >= 0.6 is 0 Å². The molecule has 3 aromatic rings. The number of pyridine rings is 2. The van der Waals surface area contributed by atoms with E-state index in [1.54, 1.807) is 12.3 Å². The molecule has 0 radical (unpaired) electrons. The molecule has 4 nitrogen and oxygen atoms in total. The molecule has 0 atom stereocenters. The van der Waals surface area contributed by atoms with Gasteiger partial charge in [-0.3, -0.25) is 9.78 Å². The third-order valence-corrected chi connectivity index (χ3v) is 3.18. The van der Waals surface area contributed by atoms with Gasteiger partial charge in [-0.05, 0) is 37.3 Å². The Hall–Kier alpha value is -2.75. The van der Waals surface area contributed by atoms with E-state index in [2.05, 4.69) is 21.4 Å². The van der Waals surface area contributed by atoms with Gasteiger partial charge in [0.15, 0.2) is 0 Å². The first-order valence-corrected chi connectivity index (χ1v) is 6.78. The van der Waals surface area contributed by atoms with Crippen molar-refractivity contribution < 1.29 is 4.79 Å². The molecule has 2 aromatic heterocycles. The quantitative estimate of drug-likeness (QED) is 0.800. The molecule has 21 heavy (non-hydrogen) atoms. The second kappa shape index (κ2) is 5.71. The molecular weight excluding hydrogens is 262 g/mol. The Labute approximate surface area is 122 Å². The summed E-state index contributed by atoms with van der Waals surface area (Å²) in [4.78, 5) is 20.6. The van der Waals surface area contributed by atoms with E-state index in [1.165, 1.54) is 5.56 Å². The molecule has 0 saturated carbocycles. The Kier molecular flexibility index (Phi) is 3.60. The smallest absolute Gasteiger partial charge is 0.231 e. The molecule has 2 heterocycles. The molecule has 0 aliphatic rings. The number of aromatic nitrogens is 2. The summed E-state index contributed by atoms with van der Waals surface area (Å²) in [6.45, 7) is 2.05. The predicted molar refractivity (Wildman–Crippen MR) is 83.1 cm³/mol. The maximum atomic E-state index is 12.0. The molecule has 0 aliphatic heterocycles. The molecule has 0 saturated heterocycles. The second-order valence-corrected chi connectivity index (χ2v) is 4.94. The van der Waals surface area contributed by atoms with Gasteiger partial charge >= 0.3 is 0 Å². The van der Waals surface area contributed by atoms with Crippen LogP contribution in [-0.4, -0.2) is 15.9 Å². The summed E-state index contributed by atoms with van der Waals surface area (Å²) >= 11 is 0. The van der Waals surface area contributed by atoms with E-state index in [-0.39, 0.29) is 12.3 Å². The van der Waals surface area contributed by atoms with Gasteiger partial charge in [0.05, 0.1) is 17.6 Å². The highest BCUT2D eigenvalue weighted by Crippen LogP contribution is 2.15. The van der Waals surface area contributed by atoms with E-state index < -0.39 is 0 Å². The van der Waals surface area contributed by atoms with Crippen molar-refractivity contribution in [2.75, 3.05) is 5.32 Å². The summed E-state index contributed by atoms with van der Waals surface area (Å²) in [7, 11) is 0. The summed E-state index contributed by atoms with van der Waals surface area (Å²) in [5.41, 5.74) is 2.86. The second-order valence-electron chi connectivity index (χ2n) is 4.94. The minimum absolute atomic E-state index is 0.118. The van der Waals surface area contributed by atoms with Crippen LogP contribution in [0, 0.1) is 6.92 Å². The van der Waals surface area contributed by atoms with Gasteiger partial charge in [-0.1, -0.05) is 23.8 Å². The average molecular weight is 277 g/mol. The lowest BCUT2D eigenvalue weighted by molar-refractivity contribution is -0.115. The topological polar surface area (TPSA) is 54.9 Å². The molecule has 0 aliphatic carbocycles. The van der Waals surface area contributed by atoms with E-state index in [9.17, 15) is 4.79 Å². The average Bonchev–Trinajstić information content (AvgIpc) is 2.48. The van der Waals surface area contributed by atoms with Crippen molar-refractivity contribution in [1.29, 1.82) is 0 Å². The minimum atomic E-state index is -0.118. The fraction of sp³-hybridized carbons (Fsp3) is 0.118. The van der Waals surface area contributed by atoms with Gasteiger partial charge in [-0.2, -0.15) is 0 Å². The van der Waals surface area contributed by atoms with Crippen LogP contribution in [0.4, 0.5) is 5.82 Å². The van der Waals surface area contributed by atoms with E-state index in [1.807, 2.05) is 43.3 Å². The first kappa shape index (κ1) is 13.2. The molecule has 0 fully saturated rings. The molecule has 4 heteroatoms. The summed E-state index contributed by atoms with van der Waals surface area (Å²) < 4.78 is 0. The van der Waals surface area contributed by atoms with Gasteiger partial charge in [0.25, 0.3) is 0 Å². The molecule has 0 spiro atoms. The molecular formula is C17H15N3O. The molecule has 1 amide bonds. The Balaban J connectivity index is 1.75. The van der Waals surface area contributed by atoms with Crippen molar-refractivity contribution in [2.45, 2.75) is 13.3 Å². The Morgan fingerprint density at radius 2 is 2.05 bits per heavy atom. The summed E-state index contributed by atoms with van der Waals surface area (Å²) in [6, 6.07) is 15.4. The number of amides is 1. The number of nitrogens with zero attached hydrogens (tertiary/aromatic N) is 2.